The van der Waals surface area contributed by atoms with Gasteiger partial charge in [0.1, 0.15) is 16.5 Å². The third-order valence-electron chi connectivity index (χ3n) is 4.55. The van der Waals surface area contributed by atoms with Crippen LogP contribution in [-0.4, -0.2) is 38.7 Å². The normalized spacial score (nSPS) is 14.5. The first kappa shape index (κ1) is 20.4. The molecular weight excluding hydrogens is 403 g/mol. The van der Waals surface area contributed by atoms with Crippen molar-refractivity contribution in [3.8, 4) is 10.6 Å². The fraction of sp³-hybridized carbons (Fsp3) is 0.333. The molecule has 7 nitrogen and oxygen atoms in total. The molecule has 1 aromatic carbocycles. The maximum absolute atomic E-state index is 13.9. The van der Waals surface area contributed by atoms with Crippen LogP contribution in [0.3, 0.4) is 0 Å². The number of anilines is 1. The van der Waals surface area contributed by atoms with E-state index in [-0.39, 0.29) is 29.8 Å². The van der Waals surface area contributed by atoms with E-state index < -0.39 is 0 Å². The van der Waals surface area contributed by atoms with Gasteiger partial charge in [0.05, 0.1) is 0 Å². The van der Waals surface area contributed by atoms with Crippen molar-refractivity contribution in [2.24, 2.45) is 7.05 Å². The standard InChI is InChI=1S/C18H19FN6OS.ClH/c1-25-18(22-15(24-25)11-6-8-20-9-7-11)23-16(26)14-10-27-17(21-14)12-4-2-3-5-13(12)19;/h2-5,10-11,20H,6-9H2,1H3,(H,22,23,24,26);1H. The van der Waals surface area contributed by atoms with E-state index in [1.165, 1.54) is 17.4 Å². The van der Waals surface area contributed by atoms with Gasteiger partial charge in [-0.05, 0) is 38.1 Å². The van der Waals surface area contributed by atoms with Crippen molar-refractivity contribution in [2.45, 2.75) is 18.8 Å². The minimum atomic E-state index is -0.388. The zero-order chi connectivity index (χ0) is 18.8. The Labute approximate surface area is 171 Å². The average molecular weight is 423 g/mol. The monoisotopic (exact) mass is 422 g/mol. The van der Waals surface area contributed by atoms with Crippen LogP contribution in [0.2, 0.25) is 0 Å². The molecule has 1 aliphatic heterocycles. The van der Waals surface area contributed by atoms with Gasteiger partial charge in [-0.25, -0.2) is 14.1 Å². The van der Waals surface area contributed by atoms with Crippen LogP contribution in [0.15, 0.2) is 29.6 Å². The quantitative estimate of drug-likeness (QED) is 0.674. The molecule has 0 radical (unpaired) electrons. The van der Waals surface area contributed by atoms with E-state index in [0.717, 1.165) is 31.8 Å². The Kier molecular flexibility index (Phi) is 6.38. The molecule has 4 rings (SSSR count). The molecule has 1 amide bonds. The molecule has 0 atom stereocenters. The number of nitrogens with one attached hydrogen (secondary N) is 2. The minimum absolute atomic E-state index is 0. The van der Waals surface area contributed by atoms with Crippen molar-refractivity contribution in [1.82, 2.24) is 25.1 Å². The highest BCUT2D eigenvalue weighted by Gasteiger charge is 2.22. The van der Waals surface area contributed by atoms with Gasteiger partial charge < -0.3 is 5.32 Å². The topological polar surface area (TPSA) is 84.7 Å². The van der Waals surface area contributed by atoms with Crippen LogP contribution in [-0.2, 0) is 7.05 Å². The van der Waals surface area contributed by atoms with Crippen LogP contribution in [0, 0.1) is 5.82 Å². The smallest absolute Gasteiger partial charge is 0.277 e. The second-order valence-corrected chi connectivity index (χ2v) is 7.27. The van der Waals surface area contributed by atoms with E-state index in [2.05, 4.69) is 25.7 Å². The summed E-state index contributed by atoms with van der Waals surface area (Å²) in [4.78, 5) is 21.3. The number of carbonyl (C=O) groups excluding carboxylic acids is 1. The largest absolute Gasteiger partial charge is 0.317 e. The molecule has 0 unspecified atom stereocenters. The van der Waals surface area contributed by atoms with Gasteiger partial charge in [0.15, 0.2) is 5.82 Å². The number of aryl methyl sites for hydroxylation is 1. The molecule has 3 aromatic rings. The van der Waals surface area contributed by atoms with Crippen molar-refractivity contribution in [1.29, 1.82) is 0 Å². The van der Waals surface area contributed by atoms with E-state index in [1.54, 1.807) is 35.3 Å². The molecule has 3 heterocycles. The van der Waals surface area contributed by atoms with Crippen LogP contribution in [0.1, 0.15) is 35.1 Å². The number of thiazole rings is 1. The number of nitrogens with zero attached hydrogens (tertiary/aromatic N) is 4. The molecule has 28 heavy (non-hydrogen) atoms. The SMILES string of the molecule is Cl.Cn1nc(C2CCNCC2)nc1NC(=O)c1csc(-c2ccccc2F)n1. The number of rotatable bonds is 4. The van der Waals surface area contributed by atoms with E-state index in [9.17, 15) is 9.18 Å². The molecule has 10 heteroatoms. The van der Waals surface area contributed by atoms with Gasteiger partial charge in [-0.2, -0.15) is 10.1 Å². The molecular formula is C18H20ClFN6OS. The number of aromatic nitrogens is 4. The molecule has 1 fully saturated rings. The Bertz CT molecular complexity index is 969. The van der Waals surface area contributed by atoms with Crippen molar-refractivity contribution >= 4 is 35.6 Å². The fourth-order valence-corrected chi connectivity index (χ4v) is 3.89. The van der Waals surface area contributed by atoms with Gasteiger partial charge >= 0.3 is 0 Å². The Morgan fingerprint density at radius 3 is 2.79 bits per heavy atom. The highest BCUT2D eigenvalue weighted by atomic mass is 35.5. The summed E-state index contributed by atoms with van der Waals surface area (Å²) in [5, 5.41) is 12.6. The van der Waals surface area contributed by atoms with Crippen molar-refractivity contribution in [2.75, 3.05) is 18.4 Å². The summed E-state index contributed by atoms with van der Waals surface area (Å²) in [7, 11) is 1.75. The Hall–Kier alpha value is -2.36. The summed E-state index contributed by atoms with van der Waals surface area (Å²) >= 11 is 1.23. The second-order valence-electron chi connectivity index (χ2n) is 6.41. The Balaban J connectivity index is 0.00000225. The lowest BCUT2D eigenvalue weighted by Crippen LogP contribution is -2.27. The van der Waals surface area contributed by atoms with E-state index in [4.69, 9.17) is 0 Å². The Morgan fingerprint density at radius 1 is 1.29 bits per heavy atom. The summed E-state index contributed by atoms with van der Waals surface area (Å²) < 4.78 is 15.5. The maximum Gasteiger partial charge on any atom is 0.277 e. The maximum atomic E-state index is 13.9. The number of piperidine rings is 1. The summed E-state index contributed by atoms with van der Waals surface area (Å²) in [6, 6.07) is 6.37. The zero-order valence-corrected chi connectivity index (χ0v) is 16.8. The lowest BCUT2D eigenvalue weighted by atomic mass is 9.98. The molecule has 0 saturated carbocycles. The van der Waals surface area contributed by atoms with Gasteiger partial charge in [-0.3, -0.25) is 10.1 Å². The van der Waals surface area contributed by atoms with E-state index >= 15 is 0 Å². The first-order chi connectivity index (χ1) is 13.1. The predicted molar refractivity (Wildman–Crippen MR) is 109 cm³/mol. The third kappa shape index (κ3) is 4.21. The summed E-state index contributed by atoms with van der Waals surface area (Å²) in [5.41, 5.74) is 0.609. The summed E-state index contributed by atoms with van der Waals surface area (Å²) in [6.07, 6.45) is 1.96. The molecule has 0 aliphatic carbocycles. The molecule has 1 saturated heterocycles. The van der Waals surface area contributed by atoms with Crippen molar-refractivity contribution in [3.05, 3.63) is 47.0 Å². The van der Waals surface area contributed by atoms with Crippen LogP contribution in [0.4, 0.5) is 10.3 Å². The van der Waals surface area contributed by atoms with Gasteiger partial charge in [0.25, 0.3) is 5.91 Å². The number of hydrogen-bond acceptors (Lipinski definition) is 6. The Morgan fingerprint density at radius 2 is 2.04 bits per heavy atom. The average Bonchev–Trinajstić information content (AvgIpc) is 3.30. The molecule has 0 spiro atoms. The molecule has 148 valence electrons. The number of benzene rings is 1. The summed E-state index contributed by atoms with van der Waals surface area (Å²) in [5.74, 6) is 0.684. The first-order valence-corrected chi connectivity index (χ1v) is 9.63. The number of halogens is 2. The minimum Gasteiger partial charge on any atom is -0.317 e. The van der Waals surface area contributed by atoms with Gasteiger partial charge in [0, 0.05) is 23.9 Å². The molecule has 1 aliphatic rings. The second kappa shape index (κ2) is 8.76. The van der Waals surface area contributed by atoms with Gasteiger partial charge in [-0.1, -0.05) is 12.1 Å². The van der Waals surface area contributed by atoms with Crippen molar-refractivity contribution in [3.63, 3.8) is 0 Å². The highest BCUT2D eigenvalue weighted by Crippen LogP contribution is 2.27. The lowest BCUT2D eigenvalue weighted by Gasteiger charge is -2.19. The van der Waals surface area contributed by atoms with E-state index in [1.807, 2.05) is 0 Å². The van der Waals surface area contributed by atoms with Crippen LogP contribution < -0.4 is 10.6 Å². The summed E-state index contributed by atoms with van der Waals surface area (Å²) in [6.45, 7) is 1.89. The van der Waals surface area contributed by atoms with Crippen LogP contribution in [0.25, 0.3) is 10.6 Å². The van der Waals surface area contributed by atoms with E-state index in [0.29, 0.717) is 22.4 Å². The number of carbonyl (C=O) groups is 1. The predicted octanol–water partition coefficient (Wildman–Crippen LogP) is 3.22. The molecule has 2 aromatic heterocycles. The van der Waals surface area contributed by atoms with Crippen molar-refractivity contribution < 1.29 is 9.18 Å². The zero-order valence-electron chi connectivity index (χ0n) is 15.2. The lowest BCUT2D eigenvalue weighted by molar-refractivity contribution is 0.102. The van der Waals surface area contributed by atoms with Gasteiger partial charge in [0.2, 0.25) is 5.95 Å². The number of hydrogen-bond donors (Lipinski definition) is 2. The van der Waals surface area contributed by atoms with Crippen LogP contribution >= 0.6 is 23.7 Å². The van der Waals surface area contributed by atoms with Gasteiger partial charge in [-0.15, -0.1) is 23.7 Å². The first-order valence-electron chi connectivity index (χ1n) is 8.75. The third-order valence-corrected chi connectivity index (χ3v) is 5.43. The highest BCUT2D eigenvalue weighted by molar-refractivity contribution is 7.13. The fourth-order valence-electron chi connectivity index (χ4n) is 3.07. The molecule has 0 bridgehead atoms. The molecule has 2 N–H and O–H groups in total. The number of amides is 1. The van der Waals surface area contributed by atoms with Crippen LogP contribution in [0.5, 0.6) is 0 Å².